The largest absolute Gasteiger partial charge is 0.871 e. The highest BCUT2D eigenvalue weighted by atomic mass is 35.5. The lowest BCUT2D eigenvalue weighted by Gasteiger charge is -2.14. The second-order valence-electron chi connectivity index (χ2n) is 4.39. The molecule has 0 aliphatic carbocycles. The van der Waals surface area contributed by atoms with Crippen molar-refractivity contribution >= 4 is 23.2 Å². The van der Waals surface area contributed by atoms with Gasteiger partial charge in [-0.3, -0.25) is 0 Å². The van der Waals surface area contributed by atoms with Gasteiger partial charge in [0.15, 0.2) is 0 Å². The van der Waals surface area contributed by atoms with E-state index in [0.717, 1.165) is 13.0 Å². The summed E-state index contributed by atoms with van der Waals surface area (Å²) in [6, 6.07) is 13.4. The van der Waals surface area contributed by atoms with Crippen LogP contribution in [0.2, 0.25) is 10.0 Å². The maximum absolute atomic E-state index is 11.8. The normalized spacial score (nSPS) is 10.6. The third-order valence-electron chi connectivity index (χ3n) is 2.93. The third kappa shape index (κ3) is 4.13. The lowest BCUT2D eigenvalue weighted by Crippen LogP contribution is -2.83. The van der Waals surface area contributed by atoms with E-state index >= 15 is 0 Å². The molecule has 0 radical (unpaired) electrons. The molecule has 0 heterocycles. The summed E-state index contributed by atoms with van der Waals surface area (Å²) < 4.78 is 0. The summed E-state index contributed by atoms with van der Waals surface area (Å²) in [6.45, 7) is 1.53. The highest BCUT2D eigenvalue weighted by molar-refractivity contribution is 6.35. The highest BCUT2D eigenvalue weighted by Crippen LogP contribution is 2.28. The average Bonchev–Trinajstić information content (AvgIpc) is 2.41. The maximum Gasteiger partial charge on any atom is 0.101 e. The van der Waals surface area contributed by atoms with Gasteiger partial charge in [-0.05, 0) is 17.7 Å². The van der Waals surface area contributed by atoms with Gasteiger partial charge in [0.1, 0.15) is 6.54 Å². The summed E-state index contributed by atoms with van der Waals surface area (Å²) in [5.41, 5.74) is 1.95. The molecule has 19 heavy (non-hydrogen) atoms. The van der Waals surface area contributed by atoms with Crippen molar-refractivity contribution < 1.29 is 10.4 Å². The summed E-state index contributed by atoms with van der Waals surface area (Å²) in [4.78, 5) is 0. The van der Waals surface area contributed by atoms with Crippen molar-refractivity contribution in [3.05, 3.63) is 63.6 Å². The molecule has 100 valence electrons. The van der Waals surface area contributed by atoms with Crippen LogP contribution in [0, 0.1) is 0 Å². The first-order chi connectivity index (χ1) is 9.16. The van der Waals surface area contributed by atoms with E-state index in [1.165, 1.54) is 11.6 Å². The Morgan fingerprint density at radius 3 is 2.53 bits per heavy atom. The van der Waals surface area contributed by atoms with Crippen molar-refractivity contribution in [1.29, 1.82) is 0 Å². The average molecular weight is 296 g/mol. The molecule has 4 heteroatoms. The molecule has 0 saturated heterocycles. The number of quaternary nitrogens is 1. The Kier molecular flexibility index (Phi) is 5.08. The molecule has 0 aliphatic heterocycles. The molecule has 0 bridgehead atoms. The van der Waals surface area contributed by atoms with Gasteiger partial charge in [0.2, 0.25) is 0 Å². The standard InChI is InChI=1S/C15H15Cl2NO/c16-13-8-12(15(19)14(17)9-13)10-18-7-6-11-4-2-1-3-5-11/h1-5,8-9,18-19H,6-7,10H2. The van der Waals surface area contributed by atoms with Crippen LogP contribution in [0.15, 0.2) is 42.5 Å². The van der Waals surface area contributed by atoms with Gasteiger partial charge in [0.25, 0.3) is 0 Å². The van der Waals surface area contributed by atoms with Gasteiger partial charge in [-0.25, -0.2) is 0 Å². The Hall–Kier alpha value is -1.22. The Balaban J connectivity index is 1.86. The lowest BCUT2D eigenvalue weighted by atomic mass is 10.1. The van der Waals surface area contributed by atoms with Crippen LogP contribution in [0.1, 0.15) is 11.1 Å². The summed E-state index contributed by atoms with van der Waals surface area (Å²) in [7, 11) is 0. The minimum Gasteiger partial charge on any atom is -0.871 e. The van der Waals surface area contributed by atoms with E-state index in [9.17, 15) is 5.11 Å². The molecule has 0 spiro atoms. The lowest BCUT2D eigenvalue weighted by molar-refractivity contribution is -0.670. The topological polar surface area (TPSA) is 39.7 Å². The van der Waals surface area contributed by atoms with Crippen molar-refractivity contribution in [3.63, 3.8) is 0 Å². The number of benzene rings is 2. The molecule has 0 aliphatic rings. The first-order valence-electron chi connectivity index (χ1n) is 6.17. The molecule has 0 saturated carbocycles. The van der Waals surface area contributed by atoms with Crippen LogP contribution >= 0.6 is 23.2 Å². The highest BCUT2D eigenvalue weighted by Gasteiger charge is 2.03. The van der Waals surface area contributed by atoms with Gasteiger partial charge in [-0.15, -0.1) is 0 Å². The maximum atomic E-state index is 11.8. The fourth-order valence-corrected chi connectivity index (χ4v) is 2.47. The van der Waals surface area contributed by atoms with Gasteiger partial charge in [0, 0.05) is 22.0 Å². The van der Waals surface area contributed by atoms with Gasteiger partial charge in [0.05, 0.1) is 6.54 Å². The van der Waals surface area contributed by atoms with E-state index in [1.807, 2.05) is 18.2 Å². The van der Waals surface area contributed by atoms with Crippen molar-refractivity contribution in [2.45, 2.75) is 13.0 Å². The number of hydrogen-bond acceptors (Lipinski definition) is 1. The molecular weight excluding hydrogens is 281 g/mol. The summed E-state index contributed by atoms with van der Waals surface area (Å²) in [6.07, 6.45) is 0.976. The SMILES string of the molecule is [O-]c1c(Cl)cc(Cl)cc1C[NH2+]CCc1ccccc1. The molecule has 0 atom stereocenters. The number of nitrogens with two attached hydrogens (primary N) is 1. The van der Waals surface area contributed by atoms with Gasteiger partial charge >= 0.3 is 0 Å². The first-order valence-corrected chi connectivity index (χ1v) is 6.93. The zero-order valence-electron chi connectivity index (χ0n) is 10.4. The monoisotopic (exact) mass is 295 g/mol. The van der Waals surface area contributed by atoms with Crippen LogP contribution in [0.3, 0.4) is 0 Å². The zero-order valence-corrected chi connectivity index (χ0v) is 11.9. The second-order valence-corrected chi connectivity index (χ2v) is 5.24. The Bertz CT molecular complexity index is 543. The van der Waals surface area contributed by atoms with E-state index in [2.05, 4.69) is 17.4 Å². The number of hydrogen-bond donors (Lipinski definition) is 1. The van der Waals surface area contributed by atoms with Crippen LogP contribution in [0.4, 0.5) is 0 Å². The predicted molar refractivity (Wildman–Crippen MR) is 76.6 cm³/mol. The smallest absolute Gasteiger partial charge is 0.101 e. The summed E-state index contributed by atoms with van der Waals surface area (Å²) in [5, 5.41) is 14.6. The van der Waals surface area contributed by atoms with Crippen LogP contribution in [-0.4, -0.2) is 6.54 Å². The van der Waals surface area contributed by atoms with Crippen LogP contribution < -0.4 is 10.4 Å². The van der Waals surface area contributed by atoms with E-state index in [4.69, 9.17) is 23.2 Å². The molecule has 0 amide bonds. The second kappa shape index (κ2) is 6.80. The Morgan fingerprint density at radius 1 is 1.05 bits per heavy atom. The van der Waals surface area contributed by atoms with Crippen molar-refractivity contribution in [2.24, 2.45) is 0 Å². The van der Waals surface area contributed by atoms with Crippen LogP contribution in [0.25, 0.3) is 0 Å². The minimum absolute atomic E-state index is 0.123. The van der Waals surface area contributed by atoms with E-state index in [-0.39, 0.29) is 10.8 Å². The fourth-order valence-electron chi connectivity index (χ4n) is 1.94. The third-order valence-corrected chi connectivity index (χ3v) is 3.43. The summed E-state index contributed by atoms with van der Waals surface area (Å²) in [5.74, 6) is -0.123. The van der Waals surface area contributed by atoms with Gasteiger partial charge in [-0.2, -0.15) is 0 Å². The van der Waals surface area contributed by atoms with Gasteiger partial charge < -0.3 is 10.4 Å². The quantitative estimate of drug-likeness (QED) is 0.845. The first kappa shape index (κ1) is 14.2. The Labute approximate surface area is 123 Å². The molecule has 2 rings (SSSR count). The fraction of sp³-hybridized carbons (Fsp3) is 0.200. The number of halogens is 2. The molecular formula is C15H15Cl2NO. The van der Waals surface area contributed by atoms with E-state index in [0.29, 0.717) is 17.1 Å². The molecule has 2 N–H and O–H groups in total. The molecule has 2 aromatic carbocycles. The van der Waals surface area contributed by atoms with E-state index < -0.39 is 0 Å². The van der Waals surface area contributed by atoms with Crippen LogP contribution in [0.5, 0.6) is 5.75 Å². The predicted octanol–water partition coefficient (Wildman–Crippen LogP) is 2.37. The summed E-state index contributed by atoms with van der Waals surface area (Å²) >= 11 is 11.7. The molecule has 0 unspecified atom stereocenters. The van der Waals surface area contributed by atoms with Gasteiger partial charge in [-0.1, -0.05) is 59.3 Å². The van der Waals surface area contributed by atoms with E-state index in [1.54, 1.807) is 6.07 Å². The van der Waals surface area contributed by atoms with Crippen LogP contribution in [-0.2, 0) is 13.0 Å². The zero-order chi connectivity index (χ0) is 13.7. The molecule has 0 fully saturated rings. The molecule has 2 aromatic rings. The van der Waals surface area contributed by atoms with Crippen molar-refractivity contribution in [1.82, 2.24) is 0 Å². The molecule has 0 aromatic heterocycles. The van der Waals surface area contributed by atoms with Crippen molar-refractivity contribution in [2.75, 3.05) is 6.54 Å². The molecule has 2 nitrogen and oxygen atoms in total. The number of rotatable bonds is 5. The Morgan fingerprint density at radius 2 is 1.79 bits per heavy atom. The minimum atomic E-state index is -0.123. The van der Waals surface area contributed by atoms with Crippen molar-refractivity contribution in [3.8, 4) is 5.75 Å².